The van der Waals surface area contributed by atoms with Gasteiger partial charge in [-0.1, -0.05) is 91.9 Å². The quantitative estimate of drug-likeness (QED) is 0.120. The van der Waals surface area contributed by atoms with E-state index >= 15 is 0 Å². The molecule has 0 rings (SSSR count). The first-order chi connectivity index (χ1) is 17.2. The molecule has 0 aliphatic carbocycles. The zero-order valence-electron chi connectivity index (χ0n) is 23.4. The summed E-state index contributed by atoms with van der Waals surface area (Å²) < 4.78 is -0.611. The number of carbonyl (C=O) groups is 3. The van der Waals surface area contributed by atoms with E-state index in [1.807, 2.05) is 26.8 Å². The van der Waals surface area contributed by atoms with Crippen molar-refractivity contribution in [2.75, 3.05) is 0 Å². The molecule has 0 amide bonds. The van der Waals surface area contributed by atoms with Crippen LogP contribution in [0.15, 0.2) is 12.3 Å². The van der Waals surface area contributed by atoms with Gasteiger partial charge in [-0.3, -0.25) is 4.48 Å². The van der Waals surface area contributed by atoms with E-state index in [9.17, 15) is 29.7 Å². The van der Waals surface area contributed by atoms with Crippen LogP contribution in [0.25, 0.3) is 0 Å². The molecule has 0 saturated carbocycles. The maximum atomic E-state index is 12.5. The van der Waals surface area contributed by atoms with Gasteiger partial charge in [0.25, 0.3) is 0 Å². The fraction of sp³-hybridized carbons (Fsp3) is 0.828. The fourth-order valence-corrected chi connectivity index (χ4v) is 5.39. The van der Waals surface area contributed by atoms with E-state index in [-0.39, 0.29) is 19.3 Å². The van der Waals surface area contributed by atoms with Crippen LogP contribution >= 0.6 is 0 Å². The highest BCUT2D eigenvalue weighted by atomic mass is 16.4. The van der Waals surface area contributed by atoms with Crippen LogP contribution < -0.4 is 5.11 Å². The third-order valence-electron chi connectivity index (χ3n) is 7.24. The minimum atomic E-state index is -1.38. The van der Waals surface area contributed by atoms with E-state index in [0.29, 0.717) is 25.7 Å². The fourth-order valence-electron chi connectivity index (χ4n) is 5.39. The first-order valence-corrected chi connectivity index (χ1v) is 14.5. The number of allylic oxidation sites excluding steroid dienone is 1. The van der Waals surface area contributed by atoms with Crippen molar-refractivity contribution >= 4 is 17.9 Å². The van der Waals surface area contributed by atoms with Gasteiger partial charge in [0, 0.05) is 19.3 Å². The Hall–Kier alpha value is -1.89. The number of aliphatic carboxylic acids is 3. The molecule has 3 atom stereocenters. The lowest BCUT2D eigenvalue weighted by molar-refractivity contribution is -0.930. The maximum Gasteiger partial charge on any atom is 0.363 e. The Morgan fingerprint density at radius 1 is 0.639 bits per heavy atom. The van der Waals surface area contributed by atoms with E-state index < -0.39 is 40.5 Å². The van der Waals surface area contributed by atoms with Gasteiger partial charge < -0.3 is 20.1 Å². The molecule has 7 heteroatoms. The van der Waals surface area contributed by atoms with Crippen LogP contribution in [0.5, 0.6) is 0 Å². The third-order valence-corrected chi connectivity index (χ3v) is 7.24. The molecule has 0 aromatic rings. The van der Waals surface area contributed by atoms with Crippen LogP contribution in [-0.2, 0) is 14.4 Å². The molecule has 0 heterocycles. The van der Waals surface area contributed by atoms with Gasteiger partial charge in [-0.25, -0.2) is 9.59 Å². The first-order valence-electron chi connectivity index (χ1n) is 14.5. The summed E-state index contributed by atoms with van der Waals surface area (Å²) in [5, 5.41) is 32.7. The number of carboxylic acid groups (broad SMARTS) is 3. The second-order valence-electron chi connectivity index (χ2n) is 10.2. The lowest BCUT2D eigenvalue weighted by Gasteiger charge is -2.49. The number of quaternary nitrogens is 1. The normalized spacial score (nSPS) is 15.9. The number of nitrogens with zero attached hydrogens (tertiary/aromatic N) is 1. The van der Waals surface area contributed by atoms with E-state index in [2.05, 4.69) is 6.92 Å². The minimum Gasteiger partial charge on any atom is -0.544 e. The van der Waals surface area contributed by atoms with Crippen molar-refractivity contribution in [1.29, 1.82) is 0 Å². The Labute approximate surface area is 219 Å². The standard InChI is InChI=1S/C29H53NO6/c1-5-9-10-11-12-13-14-15-16-17-18-19-23-30(24(20-6-2)27(31)32,25(21-7-3)28(33)34)26(22-8-4)29(35)36/h19,23-26H,5-18,20-22H2,1-4H3,(H2-,31,32,33,34,35,36)/b23-19+. The summed E-state index contributed by atoms with van der Waals surface area (Å²) >= 11 is 0. The van der Waals surface area contributed by atoms with Gasteiger partial charge >= 0.3 is 11.9 Å². The number of carboxylic acids is 3. The molecule has 2 N–H and O–H groups in total. The van der Waals surface area contributed by atoms with Gasteiger partial charge in [0.05, 0.1) is 12.2 Å². The Bertz CT molecular complexity index is 588. The van der Waals surface area contributed by atoms with Crippen molar-refractivity contribution in [2.24, 2.45) is 0 Å². The highest BCUT2D eigenvalue weighted by molar-refractivity contribution is 5.77. The molecule has 0 fully saturated rings. The van der Waals surface area contributed by atoms with Crippen molar-refractivity contribution in [1.82, 2.24) is 0 Å². The average Bonchev–Trinajstić information content (AvgIpc) is 2.83. The van der Waals surface area contributed by atoms with Crippen LogP contribution in [0.2, 0.25) is 0 Å². The lowest BCUT2D eigenvalue weighted by Crippen LogP contribution is -2.71. The molecule has 0 spiro atoms. The van der Waals surface area contributed by atoms with Crippen molar-refractivity contribution in [3.05, 3.63) is 12.3 Å². The number of hydrogen-bond donors (Lipinski definition) is 2. The Balaban J connectivity index is 5.73. The molecule has 0 aliphatic rings. The zero-order chi connectivity index (χ0) is 27.4. The van der Waals surface area contributed by atoms with Crippen molar-refractivity contribution in [2.45, 2.75) is 155 Å². The number of carbonyl (C=O) groups excluding carboxylic acids is 1. The molecule has 7 nitrogen and oxygen atoms in total. The topological polar surface area (TPSA) is 115 Å². The van der Waals surface area contributed by atoms with Gasteiger partial charge in [-0.15, -0.1) is 0 Å². The molecule has 0 bridgehead atoms. The monoisotopic (exact) mass is 511 g/mol. The summed E-state index contributed by atoms with van der Waals surface area (Å²) in [6, 6.07) is -3.57. The van der Waals surface area contributed by atoms with Crippen LogP contribution in [0.3, 0.4) is 0 Å². The SMILES string of the molecule is CCCCCCCCCCCC/C=C/[N+](C(CCC)C(=O)[O-])(C(CCC)C(=O)O)C(CCC)C(=O)O. The largest absolute Gasteiger partial charge is 0.544 e. The summed E-state index contributed by atoms with van der Waals surface area (Å²) in [5.74, 6) is -3.71. The number of unbranched alkanes of at least 4 members (excludes halogenated alkanes) is 10. The molecule has 210 valence electrons. The van der Waals surface area contributed by atoms with Gasteiger partial charge in [0.15, 0.2) is 12.1 Å². The second-order valence-corrected chi connectivity index (χ2v) is 10.2. The highest BCUT2D eigenvalue weighted by Crippen LogP contribution is 2.34. The lowest BCUT2D eigenvalue weighted by atomic mass is 9.93. The molecular formula is C29H53NO6. The van der Waals surface area contributed by atoms with Gasteiger partial charge in [0.2, 0.25) is 0 Å². The van der Waals surface area contributed by atoms with E-state index in [1.54, 1.807) is 6.20 Å². The van der Waals surface area contributed by atoms with Crippen molar-refractivity contribution in [3.63, 3.8) is 0 Å². The number of hydrogen-bond acceptors (Lipinski definition) is 4. The summed E-state index contributed by atoms with van der Waals surface area (Å²) in [7, 11) is 0. The second kappa shape index (κ2) is 20.2. The zero-order valence-corrected chi connectivity index (χ0v) is 23.4. The van der Waals surface area contributed by atoms with E-state index in [4.69, 9.17) is 0 Å². The molecular weight excluding hydrogens is 458 g/mol. The molecule has 0 aromatic heterocycles. The molecule has 0 saturated heterocycles. The smallest absolute Gasteiger partial charge is 0.363 e. The summed E-state index contributed by atoms with van der Waals surface area (Å²) in [4.78, 5) is 37.3. The van der Waals surface area contributed by atoms with Crippen LogP contribution in [0, 0.1) is 0 Å². The van der Waals surface area contributed by atoms with Crippen LogP contribution in [0.4, 0.5) is 0 Å². The molecule has 0 radical (unpaired) electrons. The van der Waals surface area contributed by atoms with E-state index in [1.165, 1.54) is 44.9 Å². The minimum absolute atomic E-state index is 0.159. The summed E-state index contributed by atoms with van der Waals surface area (Å²) in [6.45, 7) is 7.71. The van der Waals surface area contributed by atoms with Crippen LogP contribution in [-0.4, -0.2) is 50.7 Å². The summed E-state index contributed by atoms with van der Waals surface area (Å²) in [6.07, 6.45) is 18.2. The Morgan fingerprint density at radius 2 is 1.03 bits per heavy atom. The molecule has 3 unspecified atom stereocenters. The predicted molar refractivity (Wildman–Crippen MR) is 142 cm³/mol. The van der Waals surface area contributed by atoms with Crippen molar-refractivity contribution < 1.29 is 34.2 Å². The van der Waals surface area contributed by atoms with Gasteiger partial charge in [-0.05, 0) is 31.8 Å². The molecule has 0 aromatic carbocycles. The predicted octanol–water partition coefficient (Wildman–Crippen LogP) is 6.05. The van der Waals surface area contributed by atoms with Crippen LogP contribution in [0.1, 0.15) is 137 Å². The highest BCUT2D eigenvalue weighted by Gasteiger charge is 2.54. The number of rotatable bonds is 24. The maximum absolute atomic E-state index is 12.5. The molecule has 0 aliphatic heterocycles. The Kier molecular flexibility index (Phi) is 19.1. The van der Waals surface area contributed by atoms with Gasteiger partial charge in [-0.2, -0.15) is 0 Å². The Morgan fingerprint density at radius 3 is 1.39 bits per heavy atom. The summed E-state index contributed by atoms with van der Waals surface area (Å²) in [5.41, 5.74) is 0. The van der Waals surface area contributed by atoms with Crippen molar-refractivity contribution in [3.8, 4) is 0 Å². The first kappa shape index (κ1) is 34.1. The van der Waals surface area contributed by atoms with E-state index in [0.717, 1.165) is 19.3 Å². The average molecular weight is 512 g/mol. The molecule has 36 heavy (non-hydrogen) atoms. The third kappa shape index (κ3) is 11.4. The van der Waals surface area contributed by atoms with Gasteiger partial charge in [0.1, 0.15) is 6.04 Å².